The topological polar surface area (TPSA) is 70.8 Å². The summed E-state index contributed by atoms with van der Waals surface area (Å²) in [6.07, 6.45) is -0.304. The predicted octanol–water partition coefficient (Wildman–Crippen LogP) is 4.26. The molecule has 3 rings (SSSR count). The van der Waals surface area contributed by atoms with Crippen molar-refractivity contribution in [2.45, 2.75) is 45.7 Å². The molecule has 2 N–H and O–H groups in total. The SMILES string of the molecule is Cc1ccccc1COC1OP(N)(=O)OC1(C)Cc1ccccc1C. The van der Waals surface area contributed by atoms with Gasteiger partial charge < -0.3 is 4.74 Å². The first-order valence-electron chi connectivity index (χ1n) is 8.27. The smallest absolute Gasteiger partial charge is 0.344 e. The van der Waals surface area contributed by atoms with Crippen LogP contribution in [-0.2, 0) is 31.4 Å². The van der Waals surface area contributed by atoms with E-state index in [1.807, 2.05) is 69.3 Å². The fourth-order valence-corrected chi connectivity index (χ4v) is 4.37. The third-order valence-electron chi connectivity index (χ3n) is 4.53. The van der Waals surface area contributed by atoms with Gasteiger partial charge in [0.15, 0.2) is 6.29 Å². The molecule has 0 spiro atoms. The monoisotopic (exact) mass is 361 g/mol. The molecule has 0 amide bonds. The summed E-state index contributed by atoms with van der Waals surface area (Å²) in [5, 5.41) is 0. The number of ether oxygens (including phenoxy) is 1. The van der Waals surface area contributed by atoms with Crippen molar-refractivity contribution in [2.75, 3.05) is 0 Å². The second kappa shape index (κ2) is 7.02. The van der Waals surface area contributed by atoms with E-state index in [1.165, 1.54) is 0 Å². The Balaban J connectivity index is 1.79. The zero-order chi connectivity index (χ0) is 18.1. The summed E-state index contributed by atoms with van der Waals surface area (Å²) in [5.41, 5.74) is 9.13. The Bertz CT molecular complexity index is 810. The van der Waals surface area contributed by atoms with Crippen molar-refractivity contribution < 1.29 is 18.3 Å². The Hall–Kier alpha value is -1.49. The van der Waals surface area contributed by atoms with E-state index < -0.39 is 19.6 Å². The Labute approximate surface area is 148 Å². The predicted molar refractivity (Wildman–Crippen MR) is 97.0 cm³/mol. The molecule has 2 aromatic rings. The minimum Gasteiger partial charge on any atom is -0.344 e. The van der Waals surface area contributed by atoms with Gasteiger partial charge in [-0.1, -0.05) is 48.5 Å². The fraction of sp³-hybridized carbons (Fsp3) is 0.368. The third kappa shape index (κ3) is 4.20. The number of rotatable bonds is 5. The van der Waals surface area contributed by atoms with Gasteiger partial charge in [-0.15, -0.1) is 0 Å². The quantitative estimate of drug-likeness (QED) is 0.806. The maximum absolute atomic E-state index is 12.2. The highest BCUT2D eigenvalue weighted by Crippen LogP contribution is 2.55. The molecule has 2 aromatic carbocycles. The summed E-state index contributed by atoms with van der Waals surface area (Å²) in [4.78, 5) is 0. The highest BCUT2D eigenvalue weighted by atomic mass is 31.2. The molecule has 0 saturated carbocycles. The van der Waals surface area contributed by atoms with Crippen LogP contribution in [0.5, 0.6) is 0 Å². The molecular weight excluding hydrogens is 337 g/mol. The second-order valence-electron chi connectivity index (χ2n) is 6.72. The lowest BCUT2D eigenvalue weighted by Gasteiger charge is -2.28. The Kier molecular flexibility index (Phi) is 5.14. The van der Waals surface area contributed by atoms with Gasteiger partial charge in [0.2, 0.25) is 0 Å². The van der Waals surface area contributed by atoms with Gasteiger partial charge in [-0.3, -0.25) is 9.05 Å². The molecule has 1 saturated heterocycles. The lowest BCUT2D eigenvalue weighted by Crippen LogP contribution is -2.40. The number of hydrogen-bond acceptors (Lipinski definition) is 4. The molecule has 3 atom stereocenters. The van der Waals surface area contributed by atoms with Gasteiger partial charge in [0.1, 0.15) is 5.60 Å². The molecular formula is C19H24NO4P. The maximum Gasteiger partial charge on any atom is 0.406 e. The largest absolute Gasteiger partial charge is 0.406 e. The lowest BCUT2D eigenvalue weighted by molar-refractivity contribution is -0.142. The molecule has 1 aliphatic heterocycles. The Morgan fingerprint density at radius 1 is 1.08 bits per heavy atom. The van der Waals surface area contributed by atoms with Gasteiger partial charge in [0.25, 0.3) is 0 Å². The third-order valence-corrected chi connectivity index (χ3v) is 5.69. The van der Waals surface area contributed by atoms with Crippen molar-refractivity contribution in [3.63, 3.8) is 0 Å². The zero-order valence-electron chi connectivity index (χ0n) is 14.8. The van der Waals surface area contributed by atoms with Crippen LogP contribution in [0.4, 0.5) is 0 Å². The molecule has 1 heterocycles. The van der Waals surface area contributed by atoms with Crippen molar-refractivity contribution in [2.24, 2.45) is 5.50 Å². The van der Waals surface area contributed by atoms with Crippen LogP contribution >= 0.6 is 7.75 Å². The van der Waals surface area contributed by atoms with E-state index in [-0.39, 0.29) is 0 Å². The van der Waals surface area contributed by atoms with Crippen LogP contribution < -0.4 is 5.50 Å². The van der Waals surface area contributed by atoms with Crippen molar-refractivity contribution in [1.82, 2.24) is 0 Å². The van der Waals surface area contributed by atoms with Gasteiger partial charge in [0, 0.05) is 6.42 Å². The van der Waals surface area contributed by atoms with Gasteiger partial charge in [-0.25, -0.2) is 10.1 Å². The number of benzene rings is 2. The molecule has 1 aliphatic rings. The normalized spacial score (nSPS) is 29.0. The Morgan fingerprint density at radius 3 is 2.24 bits per heavy atom. The van der Waals surface area contributed by atoms with Crippen molar-refractivity contribution in [3.05, 3.63) is 70.8 Å². The summed E-state index contributed by atoms with van der Waals surface area (Å²) >= 11 is 0. The number of nitrogens with two attached hydrogens (primary N) is 1. The van der Waals surface area contributed by atoms with E-state index in [2.05, 4.69) is 0 Å². The zero-order valence-corrected chi connectivity index (χ0v) is 15.7. The minimum atomic E-state index is -3.63. The van der Waals surface area contributed by atoms with E-state index in [0.29, 0.717) is 13.0 Å². The molecule has 25 heavy (non-hydrogen) atoms. The highest BCUT2D eigenvalue weighted by molar-refractivity contribution is 7.51. The van der Waals surface area contributed by atoms with Crippen molar-refractivity contribution >= 4 is 7.75 Å². The molecule has 5 nitrogen and oxygen atoms in total. The van der Waals surface area contributed by atoms with Crippen molar-refractivity contribution in [3.8, 4) is 0 Å². The second-order valence-corrected chi connectivity index (χ2v) is 8.19. The highest BCUT2D eigenvalue weighted by Gasteiger charge is 2.52. The van der Waals surface area contributed by atoms with E-state index >= 15 is 0 Å². The minimum absolute atomic E-state index is 0.337. The molecule has 3 unspecified atom stereocenters. The van der Waals surface area contributed by atoms with Gasteiger partial charge in [-0.2, -0.15) is 0 Å². The number of hydrogen-bond donors (Lipinski definition) is 1. The molecule has 0 radical (unpaired) electrons. The average molecular weight is 361 g/mol. The summed E-state index contributed by atoms with van der Waals surface area (Å²) in [5.74, 6) is 0. The van der Waals surface area contributed by atoms with Crippen LogP contribution in [0.2, 0.25) is 0 Å². The van der Waals surface area contributed by atoms with E-state index in [4.69, 9.17) is 19.3 Å². The fourth-order valence-electron chi connectivity index (χ4n) is 3.05. The van der Waals surface area contributed by atoms with E-state index in [1.54, 1.807) is 0 Å². The Morgan fingerprint density at radius 2 is 1.64 bits per heavy atom. The van der Waals surface area contributed by atoms with Crippen LogP contribution in [-0.4, -0.2) is 11.9 Å². The molecule has 6 heteroatoms. The first-order valence-corrected chi connectivity index (χ1v) is 9.89. The standard InChI is InChI=1S/C19H24NO4P/c1-14-8-4-6-10-16(14)12-19(3)18(23-25(20,21)24-19)22-13-17-11-7-5-9-15(17)2/h4-11,18H,12-13H2,1-3H3,(H2,20,21). The molecule has 0 aliphatic carbocycles. The van der Waals surface area contributed by atoms with Crippen LogP contribution in [0.25, 0.3) is 0 Å². The molecule has 1 fully saturated rings. The van der Waals surface area contributed by atoms with Crippen LogP contribution in [0, 0.1) is 13.8 Å². The van der Waals surface area contributed by atoms with Gasteiger partial charge in [-0.05, 0) is 43.0 Å². The lowest BCUT2D eigenvalue weighted by atomic mass is 9.93. The summed E-state index contributed by atoms with van der Waals surface area (Å²) in [6.45, 7) is 6.21. The van der Waals surface area contributed by atoms with Gasteiger partial charge in [0.05, 0.1) is 6.61 Å². The average Bonchev–Trinajstić information content (AvgIpc) is 2.77. The van der Waals surface area contributed by atoms with E-state index in [0.717, 1.165) is 22.3 Å². The molecule has 0 bridgehead atoms. The summed E-state index contributed by atoms with van der Waals surface area (Å²) in [7, 11) is -3.63. The summed E-state index contributed by atoms with van der Waals surface area (Å²) < 4.78 is 29.2. The summed E-state index contributed by atoms with van der Waals surface area (Å²) in [6, 6.07) is 15.9. The number of aryl methyl sites for hydroxylation is 2. The first kappa shape index (κ1) is 18.3. The molecule has 134 valence electrons. The maximum atomic E-state index is 12.2. The molecule has 0 aromatic heterocycles. The van der Waals surface area contributed by atoms with Crippen molar-refractivity contribution in [1.29, 1.82) is 0 Å². The van der Waals surface area contributed by atoms with Crippen LogP contribution in [0.1, 0.15) is 29.2 Å². The first-order chi connectivity index (χ1) is 11.8. The van der Waals surface area contributed by atoms with Gasteiger partial charge >= 0.3 is 7.75 Å². The van der Waals surface area contributed by atoms with Crippen LogP contribution in [0.3, 0.4) is 0 Å². The van der Waals surface area contributed by atoms with Crippen LogP contribution in [0.15, 0.2) is 48.5 Å². The van der Waals surface area contributed by atoms with E-state index in [9.17, 15) is 4.57 Å².